The Morgan fingerprint density at radius 2 is 1.02 bits per heavy atom. The van der Waals surface area contributed by atoms with Crippen molar-refractivity contribution in [2.45, 2.75) is 39.5 Å². The van der Waals surface area contributed by atoms with E-state index < -0.39 is 11.3 Å². The third-order valence-corrected chi connectivity index (χ3v) is 7.97. The standard InChI is InChI=1S/C37H29NO4/c1-3-6-22-10-14-26-24(18-22)12-16-34-28(26)20-30(36(39)41-34)32-8-5-9-33(38-32)31-21-29-27-15-11-23(7-4-2)19-25(27)13-17-35(29)42-37(31)40/h5,8-21H,3-4,6-7H2,1-2H3. The molecule has 0 amide bonds. The van der Waals surface area contributed by atoms with E-state index in [9.17, 15) is 9.59 Å². The maximum Gasteiger partial charge on any atom is 0.345 e. The van der Waals surface area contributed by atoms with Gasteiger partial charge in [0.25, 0.3) is 0 Å². The molecule has 0 bridgehead atoms. The van der Waals surface area contributed by atoms with Gasteiger partial charge in [0.1, 0.15) is 11.2 Å². The Hall–Kier alpha value is -5.03. The fourth-order valence-electron chi connectivity index (χ4n) is 5.94. The molecule has 5 nitrogen and oxygen atoms in total. The lowest BCUT2D eigenvalue weighted by atomic mass is 9.99. The second kappa shape index (κ2) is 10.4. The van der Waals surface area contributed by atoms with Crippen LogP contribution in [-0.2, 0) is 12.8 Å². The van der Waals surface area contributed by atoms with E-state index in [1.165, 1.54) is 11.1 Å². The summed E-state index contributed by atoms with van der Waals surface area (Å²) >= 11 is 0. The molecule has 0 saturated heterocycles. The van der Waals surface area contributed by atoms with Crippen molar-refractivity contribution in [3.63, 3.8) is 0 Å². The summed E-state index contributed by atoms with van der Waals surface area (Å²) in [7, 11) is 0. The number of aromatic nitrogens is 1. The SMILES string of the molecule is CCCc1ccc2c(ccc3oc(=O)c(-c4cccc(-c5cc6c(ccc7cc(CCC)ccc76)oc5=O)n4)cc32)c1. The molecule has 0 unspecified atom stereocenters. The molecule has 7 rings (SSSR count). The number of hydrogen-bond acceptors (Lipinski definition) is 5. The average molecular weight is 552 g/mol. The Morgan fingerprint density at radius 1 is 0.548 bits per heavy atom. The highest BCUT2D eigenvalue weighted by atomic mass is 16.4. The van der Waals surface area contributed by atoms with Gasteiger partial charge in [0.2, 0.25) is 0 Å². The number of hydrogen-bond donors (Lipinski definition) is 0. The van der Waals surface area contributed by atoms with Crippen molar-refractivity contribution in [1.29, 1.82) is 0 Å². The lowest BCUT2D eigenvalue weighted by Crippen LogP contribution is -2.07. The highest BCUT2D eigenvalue weighted by molar-refractivity contribution is 6.07. The first-order valence-corrected chi connectivity index (χ1v) is 14.5. The van der Waals surface area contributed by atoms with Crippen molar-refractivity contribution in [2.24, 2.45) is 0 Å². The van der Waals surface area contributed by atoms with Crippen LogP contribution in [0.4, 0.5) is 0 Å². The Labute approximate surface area is 242 Å². The molecule has 5 heteroatoms. The minimum atomic E-state index is -0.478. The molecule has 0 radical (unpaired) electrons. The van der Waals surface area contributed by atoms with E-state index in [0.717, 1.165) is 58.0 Å². The summed E-state index contributed by atoms with van der Waals surface area (Å²) < 4.78 is 11.5. The maximum absolute atomic E-state index is 13.1. The number of nitrogens with zero attached hydrogens (tertiary/aromatic N) is 1. The molecule has 0 atom stereocenters. The van der Waals surface area contributed by atoms with Crippen LogP contribution < -0.4 is 11.3 Å². The van der Waals surface area contributed by atoms with Crippen molar-refractivity contribution in [3.8, 4) is 22.5 Å². The van der Waals surface area contributed by atoms with Gasteiger partial charge in [-0.3, -0.25) is 0 Å². The van der Waals surface area contributed by atoms with Crippen molar-refractivity contribution in [3.05, 3.63) is 123 Å². The molecule has 0 saturated carbocycles. The Bertz CT molecular complexity index is 2120. The van der Waals surface area contributed by atoms with E-state index in [4.69, 9.17) is 13.8 Å². The molecule has 206 valence electrons. The molecule has 7 aromatic rings. The molecular weight excluding hydrogens is 522 g/mol. The van der Waals surface area contributed by atoms with Crippen molar-refractivity contribution >= 4 is 43.5 Å². The number of aryl methyl sites for hydroxylation is 2. The van der Waals surface area contributed by atoms with E-state index in [-0.39, 0.29) is 0 Å². The van der Waals surface area contributed by atoms with Crippen LogP contribution in [0.2, 0.25) is 0 Å². The zero-order valence-electron chi connectivity index (χ0n) is 23.6. The Morgan fingerprint density at radius 3 is 1.48 bits per heavy atom. The quantitative estimate of drug-likeness (QED) is 0.152. The molecule has 0 spiro atoms. The predicted octanol–water partition coefficient (Wildman–Crippen LogP) is 8.84. The van der Waals surface area contributed by atoms with E-state index in [0.29, 0.717) is 33.7 Å². The highest BCUT2D eigenvalue weighted by Gasteiger charge is 2.16. The van der Waals surface area contributed by atoms with Crippen LogP contribution in [0.3, 0.4) is 0 Å². The third kappa shape index (κ3) is 4.47. The Balaban J connectivity index is 1.36. The van der Waals surface area contributed by atoms with Crippen molar-refractivity contribution < 1.29 is 8.83 Å². The first-order chi connectivity index (χ1) is 20.5. The van der Waals surface area contributed by atoms with E-state index in [1.54, 1.807) is 18.2 Å². The minimum Gasteiger partial charge on any atom is -0.422 e. The smallest absolute Gasteiger partial charge is 0.345 e. The summed E-state index contributed by atoms with van der Waals surface area (Å²) in [4.78, 5) is 31.0. The second-order valence-corrected chi connectivity index (χ2v) is 10.9. The summed E-state index contributed by atoms with van der Waals surface area (Å²) in [5.41, 5.74) is 4.21. The number of fused-ring (bicyclic) bond motifs is 6. The molecule has 0 N–H and O–H groups in total. The molecule has 3 aromatic heterocycles. The summed E-state index contributed by atoms with van der Waals surface area (Å²) in [6.07, 6.45) is 4.17. The minimum absolute atomic E-state index is 0.341. The summed E-state index contributed by atoms with van der Waals surface area (Å²) in [6, 6.07) is 29.5. The van der Waals surface area contributed by atoms with Crippen LogP contribution in [0, 0.1) is 0 Å². The van der Waals surface area contributed by atoms with Gasteiger partial charge >= 0.3 is 11.3 Å². The molecule has 0 aliphatic carbocycles. The number of benzene rings is 4. The summed E-state index contributed by atoms with van der Waals surface area (Å²) in [5, 5.41) is 5.90. The fraction of sp³-hybridized carbons (Fsp3) is 0.162. The summed E-state index contributed by atoms with van der Waals surface area (Å²) in [6.45, 7) is 4.33. The van der Waals surface area contributed by atoms with Gasteiger partial charge in [0.05, 0.1) is 22.5 Å². The average Bonchev–Trinajstić information content (AvgIpc) is 3.00. The van der Waals surface area contributed by atoms with Gasteiger partial charge in [-0.15, -0.1) is 0 Å². The molecular formula is C37H29NO4. The zero-order chi connectivity index (χ0) is 28.8. The van der Waals surface area contributed by atoms with Crippen LogP contribution in [0.25, 0.3) is 66.0 Å². The monoisotopic (exact) mass is 551 g/mol. The predicted molar refractivity (Wildman–Crippen MR) is 170 cm³/mol. The molecule has 4 aromatic carbocycles. The Kier molecular flexibility index (Phi) is 6.43. The van der Waals surface area contributed by atoms with Gasteiger partial charge in [0, 0.05) is 10.8 Å². The highest BCUT2D eigenvalue weighted by Crippen LogP contribution is 2.31. The van der Waals surface area contributed by atoms with Gasteiger partial charge in [-0.2, -0.15) is 0 Å². The first kappa shape index (κ1) is 25.9. The molecule has 0 aliphatic rings. The van der Waals surface area contributed by atoms with Gasteiger partial charge in [-0.1, -0.05) is 81.3 Å². The second-order valence-electron chi connectivity index (χ2n) is 10.9. The lowest BCUT2D eigenvalue weighted by Gasteiger charge is -2.09. The van der Waals surface area contributed by atoms with Crippen LogP contribution in [-0.4, -0.2) is 4.98 Å². The van der Waals surface area contributed by atoms with E-state index in [2.05, 4.69) is 50.2 Å². The zero-order valence-corrected chi connectivity index (χ0v) is 23.6. The third-order valence-electron chi connectivity index (χ3n) is 7.97. The molecule has 0 fully saturated rings. The van der Waals surface area contributed by atoms with Crippen molar-refractivity contribution in [1.82, 2.24) is 4.98 Å². The lowest BCUT2D eigenvalue weighted by molar-refractivity contribution is 0.563. The summed E-state index contributed by atoms with van der Waals surface area (Å²) in [5.74, 6) is 0. The van der Waals surface area contributed by atoms with Crippen LogP contribution in [0.1, 0.15) is 37.8 Å². The fourth-order valence-corrected chi connectivity index (χ4v) is 5.94. The number of rotatable bonds is 6. The van der Waals surface area contributed by atoms with Gasteiger partial charge < -0.3 is 8.83 Å². The first-order valence-electron chi connectivity index (χ1n) is 14.5. The normalized spacial score (nSPS) is 11.7. The van der Waals surface area contributed by atoms with Gasteiger partial charge in [-0.05, 0) is 81.9 Å². The van der Waals surface area contributed by atoms with Crippen LogP contribution in [0.5, 0.6) is 0 Å². The van der Waals surface area contributed by atoms with E-state index >= 15 is 0 Å². The van der Waals surface area contributed by atoms with Crippen molar-refractivity contribution in [2.75, 3.05) is 0 Å². The van der Waals surface area contributed by atoms with Crippen LogP contribution >= 0.6 is 0 Å². The number of pyridine rings is 1. The topological polar surface area (TPSA) is 73.3 Å². The van der Waals surface area contributed by atoms with Gasteiger partial charge in [-0.25, -0.2) is 14.6 Å². The molecule has 42 heavy (non-hydrogen) atoms. The largest absolute Gasteiger partial charge is 0.422 e. The maximum atomic E-state index is 13.1. The van der Waals surface area contributed by atoms with Gasteiger partial charge in [0.15, 0.2) is 0 Å². The molecule has 0 aliphatic heterocycles. The van der Waals surface area contributed by atoms with E-state index in [1.807, 2.05) is 36.4 Å². The van der Waals surface area contributed by atoms with Crippen LogP contribution in [0.15, 0.2) is 109 Å². The molecule has 3 heterocycles.